The first kappa shape index (κ1) is 15.4. The fourth-order valence-electron chi connectivity index (χ4n) is 2.25. The number of hydrogen-bond acceptors (Lipinski definition) is 3. The minimum Gasteiger partial charge on any atom is -0.481 e. The van der Waals surface area contributed by atoms with Gasteiger partial charge in [0.05, 0.1) is 11.0 Å². The third kappa shape index (κ3) is 4.25. The Kier molecular flexibility index (Phi) is 4.44. The average Bonchev–Trinajstić information content (AvgIpc) is 2.23. The molecule has 0 atom stereocenters. The first-order valence-electron chi connectivity index (χ1n) is 6.73. The smallest absolute Gasteiger partial charge is 0.310 e. The molecule has 106 valence electrons. The Morgan fingerprint density at radius 2 is 1.72 bits per heavy atom. The predicted octanol–water partition coefficient (Wildman–Crippen LogP) is 2.02. The number of carboxylic acid groups (broad SMARTS) is 1. The number of aliphatic hydroxyl groups is 1. The van der Waals surface area contributed by atoms with Crippen molar-refractivity contribution >= 4 is 5.97 Å². The minimum atomic E-state index is -0.813. The number of carbonyl (C=O) groups is 1. The van der Waals surface area contributed by atoms with Gasteiger partial charge in [-0.25, -0.2) is 0 Å². The quantitative estimate of drug-likeness (QED) is 0.705. The van der Waals surface area contributed by atoms with Crippen LogP contribution in [0.5, 0.6) is 0 Å². The Labute approximate surface area is 110 Å². The van der Waals surface area contributed by atoms with Crippen LogP contribution in [0.1, 0.15) is 53.4 Å². The van der Waals surface area contributed by atoms with Crippen molar-refractivity contribution in [2.75, 3.05) is 13.1 Å². The van der Waals surface area contributed by atoms with E-state index in [1.165, 1.54) is 0 Å². The summed E-state index contributed by atoms with van der Waals surface area (Å²) in [7, 11) is 0. The molecule has 4 heteroatoms. The zero-order valence-corrected chi connectivity index (χ0v) is 12.0. The largest absolute Gasteiger partial charge is 0.481 e. The molecule has 0 heterocycles. The monoisotopic (exact) mass is 257 g/mol. The van der Waals surface area contributed by atoms with Gasteiger partial charge in [-0.15, -0.1) is 0 Å². The van der Waals surface area contributed by atoms with Gasteiger partial charge in [0.1, 0.15) is 0 Å². The standard InChI is InChI=1S/C14H27NO3/c1-12(2)5-7-14(18,8-6-12)10-15-9-13(3,4)11(16)17/h15,18H,5-10H2,1-4H3,(H,16,17). The highest BCUT2D eigenvalue weighted by molar-refractivity contribution is 5.73. The van der Waals surface area contributed by atoms with Crippen molar-refractivity contribution in [2.24, 2.45) is 10.8 Å². The van der Waals surface area contributed by atoms with Gasteiger partial charge in [0.2, 0.25) is 0 Å². The predicted molar refractivity (Wildman–Crippen MR) is 71.5 cm³/mol. The lowest BCUT2D eigenvalue weighted by molar-refractivity contribution is -0.146. The van der Waals surface area contributed by atoms with E-state index in [0.717, 1.165) is 25.7 Å². The second kappa shape index (κ2) is 5.17. The van der Waals surface area contributed by atoms with E-state index >= 15 is 0 Å². The third-order valence-corrected chi connectivity index (χ3v) is 4.13. The van der Waals surface area contributed by atoms with Gasteiger partial charge in [0.25, 0.3) is 0 Å². The Hall–Kier alpha value is -0.610. The molecule has 1 fully saturated rings. The molecule has 0 aromatic carbocycles. The summed E-state index contributed by atoms with van der Waals surface area (Å²) in [4.78, 5) is 11.0. The van der Waals surface area contributed by atoms with E-state index in [4.69, 9.17) is 5.11 Å². The van der Waals surface area contributed by atoms with Crippen LogP contribution in [0.2, 0.25) is 0 Å². The van der Waals surface area contributed by atoms with Gasteiger partial charge in [-0.3, -0.25) is 4.79 Å². The van der Waals surface area contributed by atoms with E-state index in [1.807, 2.05) is 0 Å². The van der Waals surface area contributed by atoms with Crippen LogP contribution < -0.4 is 5.32 Å². The second-order valence-electron chi connectivity index (χ2n) is 7.18. The molecule has 1 aliphatic carbocycles. The molecule has 0 amide bonds. The maximum atomic E-state index is 11.0. The molecule has 0 bridgehead atoms. The van der Waals surface area contributed by atoms with Gasteiger partial charge < -0.3 is 15.5 Å². The Bertz CT molecular complexity index is 300. The summed E-state index contributed by atoms with van der Waals surface area (Å²) < 4.78 is 0. The number of nitrogens with one attached hydrogen (secondary N) is 1. The SMILES string of the molecule is CC1(C)CCC(O)(CNCC(C)(C)C(=O)O)CC1. The molecule has 0 unspecified atom stereocenters. The van der Waals surface area contributed by atoms with E-state index < -0.39 is 17.0 Å². The van der Waals surface area contributed by atoms with Crippen molar-refractivity contribution in [3.63, 3.8) is 0 Å². The Morgan fingerprint density at radius 1 is 1.22 bits per heavy atom. The lowest BCUT2D eigenvalue weighted by Gasteiger charge is -2.40. The topological polar surface area (TPSA) is 69.6 Å². The summed E-state index contributed by atoms with van der Waals surface area (Å²) >= 11 is 0. The molecule has 0 spiro atoms. The molecular formula is C14H27NO3. The molecule has 0 radical (unpaired) electrons. The van der Waals surface area contributed by atoms with Crippen LogP contribution in [0.15, 0.2) is 0 Å². The van der Waals surface area contributed by atoms with Crippen molar-refractivity contribution < 1.29 is 15.0 Å². The molecule has 1 saturated carbocycles. The first-order chi connectivity index (χ1) is 8.06. The summed E-state index contributed by atoms with van der Waals surface area (Å²) in [5, 5.41) is 22.6. The lowest BCUT2D eigenvalue weighted by atomic mass is 9.71. The van der Waals surface area contributed by atoms with Crippen LogP contribution in [0.3, 0.4) is 0 Å². The molecule has 1 rings (SSSR count). The molecule has 0 aliphatic heterocycles. The maximum absolute atomic E-state index is 11.0. The van der Waals surface area contributed by atoms with Gasteiger partial charge >= 0.3 is 5.97 Å². The van der Waals surface area contributed by atoms with Crippen molar-refractivity contribution in [2.45, 2.75) is 59.0 Å². The fraction of sp³-hybridized carbons (Fsp3) is 0.929. The van der Waals surface area contributed by atoms with Crippen LogP contribution in [-0.2, 0) is 4.79 Å². The van der Waals surface area contributed by atoms with Gasteiger partial charge in [-0.1, -0.05) is 13.8 Å². The summed E-state index contributed by atoms with van der Waals surface area (Å²) in [6.45, 7) is 8.71. The third-order valence-electron chi connectivity index (χ3n) is 4.13. The van der Waals surface area contributed by atoms with Crippen LogP contribution >= 0.6 is 0 Å². The van der Waals surface area contributed by atoms with Gasteiger partial charge in [-0.2, -0.15) is 0 Å². The zero-order chi connectivity index (χ0) is 14.0. The second-order valence-corrected chi connectivity index (χ2v) is 7.18. The lowest BCUT2D eigenvalue weighted by Crippen LogP contribution is -2.47. The summed E-state index contributed by atoms with van der Waals surface area (Å²) in [5.74, 6) is -0.813. The van der Waals surface area contributed by atoms with Gasteiger partial charge in [0.15, 0.2) is 0 Å². The highest BCUT2D eigenvalue weighted by Gasteiger charge is 2.37. The van der Waals surface area contributed by atoms with Crippen molar-refractivity contribution in [1.29, 1.82) is 0 Å². The maximum Gasteiger partial charge on any atom is 0.310 e. The van der Waals surface area contributed by atoms with Gasteiger partial charge in [-0.05, 0) is 44.9 Å². The number of hydrogen-bond donors (Lipinski definition) is 3. The van der Waals surface area contributed by atoms with E-state index in [-0.39, 0.29) is 0 Å². The summed E-state index contributed by atoms with van der Waals surface area (Å²) in [6, 6.07) is 0. The molecule has 18 heavy (non-hydrogen) atoms. The highest BCUT2D eigenvalue weighted by atomic mass is 16.4. The normalized spacial score (nSPS) is 22.7. The Morgan fingerprint density at radius 3 is 2.17 bits per heavy atom. The molecule has 0 saturated heterocycles. The molecule has 0 aromatic heterocycles. The van der Waals surface area contributed by atoms with Crippen molar-refractivity contribution in [3.8, 4) is 0 Å². The molecule has 0 aromatic rings. The van der Waals surface area contributed by atoms with Crippen molar-refractivity contribution in [3.05, 3.63) is 0 Å². The molecule has 3 N–H and O–H groups in total. The number of carboxylic acids is 1. The first-order valence-corrected chi connectivity index (χ1v) is 6.73. The average molecular weight is 257 g/mol. The number of aliphatic carboxylic acids is 1. The summed E-state index contributed by atoms with van der Waals surface area (Å²) in [5.41, 5.74) is -1.12. The molecule has 1 aliphatic rings. The van der Waals surface area contributed by atoms with Crippen LogP contribution in [-0.4, -0.2) is 34.9 Å². The molecular weight excluding hydrogens is 230 g/mol. The van der Waals surface area contributed by atoms with Crippen LogP contribution in [0, 0.1) is 10.8 Å². The van der Waals surface area contributed by atoms with E-state index in [2.05, 4.69) is 19.2 Å². The highest BCUT2D eigenvalue weighted by Crippen LogP contribution is 2.39. The van der Waals surface area contributed by atoms with Crippen LogP contribution in [0.25, 0.3) is 0 Å². The van der Waals surface area contributed by atoms with Crippen molar-refractivity contribution in [1.82, 2.24) is 5.32 Å². The summed E-state index contributed by atoms with van der Waals surface area (Å²) in [6.07, 6.45) is 3.63. The zero-order valence-electron chi connectivity index (χ0n) is 12.0. The van der Waals surface area contributed by atoms with E-state index in [0.29, 0.717) is 18.5 Å². The van der Waals surface area contributed by atoms with Gasteiger partial charge in [0, 0.05) is 13.1 Å². The van der Waals surface area contributed by atoms with Crippen LogP contribution in [0.4, 0.5) is 0 Å². The Balaban J connectivity index is 2.38. The minimum absolute atomic E-state index is 0.326. The van der Waals surface area contributed by atoms with E-state index in [1.54, 1.807) is 13.8 Å². The fourth-order valence-corrected chi connectivity index (χ4v) is 2.25. The number of rotatable bonds is 5. The van der Waals surface area contributed by atoms with E-state index in [9.17, 15) is 9.90 Å². The molecule has 4 nitrogen and oxygen atoms in total.